The van der Waals surface area contributed by atoms with Crippen LogP contribution < -0.4 is 10.1 Å². The van der Waals surface area contributed by atoms with Crippen molar-refractivity contribution in [2.75, 3.05) is 7.11 Å². The van der Waals surface area contributed by atoms with E-state index in [0.717, 1.165) is 5.56 Å². The lowest BCUT2D eigenvalue weighted by Gasteiger charge is -2.23. The van der Waals surface area contributed by atoms with Crippen LogP contribution in [0.15, 0.2) is 18.2 Å². The van der Waals surface area contributed by atoms with E-state index < -0.39 is 17.7 Å². The molecule has 0 aliphatic rings. The summed E-state index contributed by atoms with van der Waals surface area (Å²) in [6.07, 6.45) is 0.0225. The molecule has 0 saturated heterocycles. The number of amides is 1. The van der Waals surface area contributed by atoms with Crippen LogP contribution in [0.4, 0.5) is 4.79 Å². The molecule has 1 amide bonds. The molecule has 20 heavy (non-hydrogen) atoms. The molecular weight excluding hydrogens is 258 g/mol. The summed E-state index contributed by atoms with van der Waals surface area (Å²) in [6.45, 7) is 7.13. The number of aryl methyl sites for hydroxylation is 1. The molecule has 110 valence electrons. The summed E-state index contributed by atoms with van der Waals surface area (Å²) in [7, 11) is 1.52. The molecule has 0 bridgehead atoms. The molecule has 1 aromatic rings. The van der Waals surface area contributed by atoms with Gasteiger partial charge in [-0.25, -0.2) is 4.79 Å². The van der Waals surface area contributed by atoms with E-state index in [2.05, 4.69) is 5.32 Å². The first kappa shape index (κ1) is 16.0. The van der Waals surface area contributed by atoms with Gasteiger partial charge >= 0.3 is 6.09 Å². The Labute approximate surface area is 119 Å². The number of alkyl carbamates (subject to hydrolysis) is 1. The number of benzene rings is 1. The van der Waals surface area contributed by atoms with Gasteiger partial charge in [0.25, 0.3) is 0 Å². The third-order valence-corrected chi connectivity index (χ3v) is 2.62. The third kappa shape index (κ3) is 4.26. The van der Waals surface area contributed by atoms with Gasteiger partial charge < -0.3 is 19.6 Å². The first-order valence-electron chi connectivity index (χ1n) is 6.37. The Morgan fingerprint density at radius 1 is 1.35 bits per heavy atom. The van der Waals surface area contributed by atoms with E-state index in [4.69, 9.17) is 9.47 Å². The summed E-state index contributed by atoms with van der Waals surface area (Å²) in [5, 5.41) is 2.55. The number of hydrogen-bond acceptors (Lipinski definition) is 4. The lowest BCUT2D eigenvalue weighted by molar-refractivity contribution is -0.109. The molecule has 1 N–H and O–H groups in total. The van der Waals surface area contributed by atoms with Gasteiger partial charge in [0.05, 0.1) is 7.11 Å². The van der Waals surface area contributed by atoms with Crippen LogP contribution in [0.1, 0.15) is 37.9 Å². The Balaban J connectivity index is 2.97. The number of methoxy groups -OCH3 is 1. The van der Waals surface area contributed by atoms with Gasteiger partial charge in [0.15, 0.2) is 0 Å². The van der Waals surface area contributed by atoms with Crippen molar-refractivity contribution in [3.8, 4) is 5.75 Å². The Hall–Kier alpha value is -2.04. The molecule has 0 aromatic heterocycles. The smallest absolute Gasteiger partial charge is 0.408 e. The second-order valence-electron chi connectivity index (χ2n) is 5.45. The molecule has 1 atom stereocenters. The number of carbonyl (C=O) groups excluding carboxylic acids is 2. The minimum atomic E-state index is -0.805. The quantitative estimate of drug-likeness (QED) is 0.861. The van der Waals surface area contributed by atoms with E-state index in [0.29, 0.717) is 17.6 Å². The Morgan fingerprint density at radius 2 is 2.00 bits per heavy atom. The molecule has 0 spiro atoms. The predicted octanol–water partition coefficient (Wildman–Crippen LogP) is 2.77. The second-order valence-corrected chi connectivity index (χ2v) is 5.45. The van der Waals surface area contributed by atoms with Crippen LogP contribution in [-0.2, 0) is 9.53 Å². The molecule has 0 aliphatic heterocycles. The predicted molar refractivity (Wildman–Crippen MR) is 75.9 cm³/mol. The van der Waals surface area contributed by atoms with E-state index >= 15 is 0 Å². The summed E-state index contributed by atoms with van der Waals surface area (Å²) >= 11 is 0. The van der Waals surface area contributed by atoms with Crippen molar-refractivity contribution in [3.05, 3.63) is 29.3 Å². The molecule has 0 heterocycles. The number of hydrogen-bond donors (Lipinski definition) is 1. The average molecular weight is 279 g/mol. The normalized spacial score (nSPS) is 12.4. The highest BCUT2D eigenvalue weighted by atomic mass is 16.6. The monoisotopic (exact) mass is 279 g/mol. The molecule has 0 fully saturated rings. The van der Waals surface area contributed by atoms with Crippen molar-refractivity contribution < 1.29 is 19.1 Å². The van der Waals surface area contributed by atoms with Crippen LogP contribution in [0.3, 0.4) is 0 Å². The van der Waals surface area contributed by atoms with Crippen LogP contribution in [0.2, 0.25) is 0 Å². The van der Waals surface area contributed by atoms with Gasteiger partial charge in [-0.15, -0.1) is 0 Å². The van der Waals surface area contributed by atoms with Crippen molar-refractivity contribution >= 4 is 12.4 Å². The van der Waals surface area contributed by atoms with Crippen molar-refractivity contribution in [2.24, 2.45) is 0 Å². The van der Waals surface area contributed by atoms with E-state index in [-0.39, 0.29) is 0 Å². The van der Waals surface area contributed by atoms with Crippen molar-refractivity contribution in [1.29, 1.82) is 0 Å². The number of aldehydes is 1. The topological polar surface area (TPSA) is 64.6 Å². The SMILES string of the molecule is COc1cccc(C)c1C(C=O)NC(=O)OC(C)(C)C. The van der Waals surface area contributed by atoms with Crippen molar-refractivity contribution in [1.82, 2.24) is 5.32 Å². The van der Waals surface area contributed by atoms with E-state index in [1.807, 2.05) is 19.1 Å². The lowest BCUT2D eigenvalue weighted by atomic mass is 10.0. The van der Waals surface area contributed by atoms with E-state index in [1.165, 1.54) is 7.11 Å². The average Bonchev–Trinajstić information content (AvgIpc) is 2.33. The Morgan fingerprint density at radius 3 is 2.50 bits per heavy atom. The van der Waals surface area contributed by atoms with Crippen LogP contribution in [0, 0.1) is 6.92 Å². The molecule has 0 aliphatic carbocycles. The zero-order valence-corrected chi connectivity index (χ0v) is 12.5. The summed E-state index contributed by atoms with van der Waals surface area (Å²) in [5.41, 5.74) is 0.876. The van der Waals surface area contributed by atoms with Gasteiger partial charge in [-0.1, -0.05) is 12.1 Å². The van der Waals surface area contributed by atoms with E-state index in [1.54, 1.807) is 26.8 Å². The highest BCUT2D eigenvalue weighted by Crippen LogP contribution is 2.27. The van der Waals surface area contributed by atoms with E-state index in [9.17, 15) is 9.59 Å². The second kappa shape index (κ2) is 6.41. The molecular formula is C15H21NO4. The van der Waals surface area contributed by atoms with Gasteiger partial charge in [-0.2, -0.15) is 0 Å². The van der Waals surface area contributed by atoms with Crippen molar-refractivity contribution in [3.63, 3.8) is 0 Å². The van der Waals surface area contributed by atoms with Gasteiger partial charge in [0.2, 0.25) is 0 Å². The molecule has 1 unspecified atom stereocenters. The molecule has 5 heteroatoms. The minimum absolute atomic E-state index is 0.554. The Kier molecular flexibility index (Phi) is 5.13. The third-order valence-electron chi connectivity index (χ3n) is 2.62. The molecule has 0 radical (unpaired) electrons. The highest BCUT2D eigenvalue weighted by Gasteiger charge is 2.23. The highest BCUT2D eigenvalue weighted by molar-refractivity contribution is 5.76. The van der Waals surface area contributed by atoms with Crippen LogP contribution >= 0.6 is 0 Å². The lowest BCUT2D eigenvalue weighted by Crippen LogP contribution is -2.35. The van der Waals surface area contributed by atoms with Gasteiger partial charge in [-0.3, -0.25) is 0 Å². The maximum absolute atomic E-state index is 11.8. The first-order valence-corrected chi connectivity index (χ1v) is 6.37. The minimum Gasteiger partial charge on any atom is -0.496 e. The fourth-order valence-corrected chi connectivity index (χ4v) is 1.84. The number of carbonyl (C=O) groups is 2. The molecule has 1 aromatic carbocycles. The summed E-state index contributed by atoms with van der Waals surface area (Å²) < 4.78 is 10.4. The standard InChI is InChI=1S/C15H21NO4/c1-10-7-6-8-12(19-5)13(10)11(9-17)16-14(18)20-15(2,3)4/h6-9,11H,1-5H3,(H,16,18). The van der Waals surface area contributed by atoms with Crippen LogP contribution in [0.5, 0.6) is 5.75 Å². The summed E-state index contributed by atoms with van der Waals surface area (Å²) in [5.74, 6) is 0.554. The zero-order valence-electron chi connectivity index (χ0n) is 12.5. The fraction of sp³-hybridized carbons (Fsp3) is 0.467. The van der Waals surface area contributed by atoms with Crippen LogP contribution in [-0.4, -0.2) is 25.1 Å². The number of nitrogens with one attached hydrogen (secondary N) is 1. The number of ether oxygens (including phenoxy) is 2. The number of rotatable bonds is 4. The summed E-state index contributed by atoms with van der Waals surface area (Å²) in [4.78, 5) is 23.1. The van der Waals surface area contributed by atoms with Crippen LogP contribution in [0.25, 0.3) is 0 Å². The van der Waals surface area contributed by atoms with Gasteiger partial charge in [-0.05, 0) is 39.3 Å². The maximum atomic E-state index is 11.8. The Bertz CT molecular complexity index is 491. The first-order chi connectivity index (χ1) is 9.28. The summed E-state index contributed by atoms with van der Waals surface area (Å²) in [6, 6.07) is 4.62. The fourth-order valence-electron chi connectivity index (χ4n) is 1.84. The largest absolute Gasteiger partial charge is 0.496 e. The van der Waals surface area contributed by atoms with Crippen molar-refractivity contribution in [2.45, 2.75) is 39.3 Å². The molecule has 1 rings (SSSR count). The molecule has 0 saturated carbocycles. The zero-order chi connectivity index (χ0) is 15.3. The maximum Gasteiger partial charge on any atom is 0.408 e. The van der Waals surface area contributed by atoms with Gasteiger partial charge in [0, 0.05) is 5.56 Å². The molecule has 5 nitrogen and oxygen atoms in total. The van der Waals surface area contributed by atoms with Gasteiger partial charge in [0.1, 0.15) is 23.7 Å².